The molecule has 2 aliphatic rings. The molecular weight excluding hydrogens is 576 g/mol. The van der Waals surface area contributed by atoms with E-state index in [1.807, 2.05) is 0 Å². The second kappa shape index (κ2) is 12.4. The average molecular weight is 612 g/mol. The number of benzene rings is 4. The molecule has 6 aromatic rings. The van der Waals surface area contributed by atoms with Crippen LogP contribution in [0.15, 0.2) is 121 Å². The van der Waals surface area contributed by atoms with Gasteiger partial charge in [-0.2, -0.15) is 12.1 Å². The Labute approximate surface area is 254 Å². The monoisotopic (exact) mass is 610 g/mol. The van der Waals surface area contributed by atoms with Gasteiger partial charge in [0, 0.05) is 0 Å². The van der Waals surface area contributed by atoms with Crippen molar-refractivity contribution in [2.24, 2.45) is 0 Å². The minimum atomic E-state index is 0.210. The van der Waals surface area contributed by atoms with E-state index < -0.39 is 0 Å². The SMILES string of the molecule is C[Si](C)=[Zr+2].c1ccc(-c2cccc3[cH-]c(C4CC4)cc23)cc1.c1ccc(-c2cccc3[cH-]c(C4CC4)cc23)cc1. The van der Waals surface area contributed by atoms with Crippen molar-refractivity contribution >= 4 is 27.0 Å². The molecule has 2 heteroatoms. The smallest absolute Gasteiger partial charge is 0.0279 e. The van der Waals surface area contributed by atoms with Crippen LogP contribution in [0.1, 0.15) is 48.6 Å². The molecule has 0 atom stereocenters. The van der Waals surface area contributed by atoms with Gasteiger partial charge in [0.15, 0.2) is 0 Å². The molecule has 0 heterocycles. The minimum Gasteiger partial charge on any atom is -0.164 e. The Balaban J connectivity index is 0.000000128. The molecule has 0 N–H and O–H groups in total. The molecule has 0 unspecified atom stereocenters. The average Bonchev–Trinajstić information content (AvgIpc) is 3.92. The summed E-state index contributed by atoms with van der Waals surface area (Å²) in [5.74, 6) is 1.67. The van der Waals surface area contributed by atoms with E-state index in [0.717, 1.165) is 11.8 Å². The van der Waals surface area contributed by atoms with Gasteiger partial charge in [0.1, 0.15) is 0 Å². The van der Waals surface area contributed by atoms with E-state index >= 15 is 0 Å². The van der Waals surface area contributed by atoms with Crippen molar-refractivity contribution in [3.05, 3.63) is 132 Å². The van der Waals surface area contributed by atoms with Crippen LogP contribution in [0.2, 0.25) is 13.1 Å². The van der Waals surface area contributed by atoms with Gasteiger partial charge in [-0.1, -0.05) is 83.9 Å². The van der Waals surface area contributed by atoms with Crippen LogP contribution in [0.25, 0.3) is 43.8 Å². The molecule has 2 aliphatic carbocycles. The number of hydrogen-bond donors (Lipinski definition) is 0. The quantitative estimate of drug-likeness (QED) is 0.137. The van der Waals surface area contributed by atoms with Gasteiger partial charge in [0.05, 0.1) is 0 Å². The summed E-state index contributed by atoms with van der Waals surface area (Å²) >= 11 is 1.74. The molecule has 0 nitrogen and oxygen atoms in total. The van der Waals surface area contributed by atoms with Gasteiger partial charge in [-0.05, 0) is 48.6 Å². The van der Waals surface area contributed by atoms with E-state index in [1.54, 1.807) is 23.3 Å². The van der Waals surface area contributed by atoms with Gasteiger partial charge in [-0.3, -0.25) is 0 Å². The molecule has 6 aromatic carbocycles. The van der Waals surface area contributed by atoms with Crippen LogP contribution in [-0.2, 0) is 23.3 Å². The first-order valence-corrected chi connectivity index (χ1v) is 20.8. The maximum Gasteiger partial charge on any atom is -0.0279 e. The van der Waals surface area contributed by atoms with Crippen molar-refractivity contribution in [1.29, 1.82) is 0 Å². The molecule has 8 rings (SSSR count). The second-order valence-corrected chi connectivity index (χ2v) is 20.8. The number of rotatable bonds is 4. The molecule has 0 aliphatic heterocycles. The van der Waals surface area contributed by atoms with Crippen LogP contribution in [-0.4, -0.2) is 5.43 Å². The Hall–Kier alpha value is -2.80. The predicted octanol–water partition coefficient (Wildman–Crippen LogP) is 11.0. The third kappa shape index (κ3) is 6.56. The first kappa shape index (κ1) is 27.4. The molecule has 2 saturated carbocycles. The van der Waals surface area contributed by atoms with Gasteiger partial charge < -0.3 is 0 Å². The van der Waals surface area contributed by atoms with Gasteiger partial charge in [0.25, 0.3) is 0 Å². The summed E-state index contributed by atoms with van der Waals surface area (Å²) in [7, 11) is 0. The second-order valence-electron chi connectivity index (χ2n) is 11.5. The maximum absolute atomic E-state index is 2.40. The fraction of sp³-hybridized carbons (Fsp3) is 0.211. The summed E-state index contributed by atoms with van der Waals surface area (Å²) in [5, 5.41) is 5.59. The van der Waals surface area contributed by atoms with Crippen LogP contribution in [0.5, 0.6) is 0 Å². The molecule has 196 valence electrons. The van der Waals surface area contributed by atoms with Crippen LogP contribution in [0.4, 0.5) is 0 Å². The van der Waals surface area contributed by atoms with Crippen molar-refractivity contribution in [1.82, 2.24) is 0 Å². The fourth-order valence-corrected chi connectivity index (χ4v) is 5.56. The largest absolute Gasteiger partial charge is 0.164 e. The van der Waals surface area contributed by atoms with Crippen LogP contribution in [0, 0.1) is 0 Å². The van der Waals surface area contributed by atoms with Gasteiger partial charge in [-0.25, -0.2) is 0 Å². The Morgan fingerprint density at radius 2 is 0.925 bits per heavy atom. The van der Waals surface area contributed by atoms with E-state index in [1.165, 1.54) is 80.6 Å². The molecular formula is C38H36SiZr. The Kier molecular flexibility index (Phi) is 8.47. The molecule has 40 heavy (non-hydrogen) atoms. The van der Waals surface area contributed by atoms with Crippen molar-refractivity contribution in [2.75, 3.05) is 0 Å². The molecule has 0 bridgehead atoms. The summed E-state index contributed by atoms with van der Waals surface area (Å²) in [5.41, 5.74) is 8.64. The zero-order valence-electron chi connectivity index (χ0n) is 23.5. The van der Waals surface area contributed by atoms with E-state index in [0.29, 0.717) is 0 Å². The molecule has 0 spiro atoms. The third-order valence-corrected chi connectivity index (χ3v) is 7.81. The zero-order chi connectivity index (χ0) is 27.5. The van der Waals surface area contributed by atoms with Crippen molar-refractivity contribution in [3.8, 4) is 22.3 Å². The van der Waals surface area contributed by atoms with Crippen molar-refractivity contribution in [3.63, 3.8) is 0 Å². The summed E-state index contributed by atoms with van der Waals surface area (Å²) < 4.78 is 0. The standard InChI is InChI=1S/2C18H15.C2H6Si.Zr/c2*1-2-5-14(6-3-1)17-8-4-7-15-11-16(12-18(15)17)13-9-10-13;1-3-2;/h2*1-8,11-13H,9-10H2;1-2H3;/q2*-1;;+2. The topological polar surface area (TPSA) is 0 Å². The molecule has 0 aromatic heterocycles. The Morgan fingerprint density at radius 1 is 0.550 bits per heavy atom. The van der Waals surface area contributed by atoms with Crippen LogP contribution in [0.3, 0.4) is 0 Å². The first-order valence-electron chi connectivity index (χ1n) is 14.6. The van der Waals surface area contributed by atoms with Crippen LogP contribution < -0.4 is 0 Å². The van der Waals surface area contributed by atoms with E-state index in [-0.39, 0.29) is 5.43 Å². The normalized spacial score (nSPS) is 14.3. The van der Waals surface area contributed by atoms with Gasteiger partial charge in [-0.15, -0.1) is 69.1 Å². The van der Waals surface area contributed by atoms with E-state index in [4.69, 9.17) is 0 Å². The van der Waals surface area contributed by atoms with E-state index in [2.05, 4.69) is 134 Å². The molecule has 2 fully saturated rings. The summed E-state index contributed by atoms with van der Waals surface area (Å²) in [4.78, 5) is 0. The maximum atomic E-state index is 2.40. The Morgan fingerprint density at radius 3 is 1.27 bits per heavy atom. The molecule has 0 radical (unpaired) electrons. The number of hydrogen-bond acceptors (Lipinski definition) is 0. The van der Waals surface area contributed by atoms with Crippen molar-refractivity contribution in [2.45, 2.75) is 50.6 Å². The van der Waals surface area contributed by atoms with Gasteiger partial charge >= 0.3 is 41.9 Å². The summed E-state index contributed by atoms with van der Waals surface area (Å²) in [6.07, 6.45) is 5.49. The minimum absolute atomic E-state index is 0.210. The summed E-state index contributed by atoms with van der Waals surface area (Å²) in [6.45, 7) is 4.62. The summed E-state index contributed by atoms with van der Waals surface area (Å²) in [6, 6.07) is 44.2. The number of fused-ring (bicyclic) bond motifs is 2. The van der Waals surface area contributed by atoms with Crippen molar-refractivity contribution < 1.29 is 23.3 Å². The Bertz CT molecular complexity index is 1600. The van der Waals surface area contributed by atoms with Gasteiger partial charge in [0.2, 0.25) is 0 Å². The predicted molar refractivity (Wildman–Crippen MR) is 171 cm³/mol. The molecule has 0 amide bonds. The zero-order valence-corrected chi connectivity index (χ0v) is 27.0. The van der Waals surface area contributed by atoms with E-state index in [9.17, 15) is 0 Å². The third-order valence-electron chi connectivity index (χ3n) is 7.81. The fourth-order valence-electron chi connectivity index (χ4n) is 5.56. The van der Waals surface area contributed by atoms with Crippen LogP contribution >= 0.6 is 0 Å². The first-order chi connectivity index (χ1) is 19.6. The molecule has 0 saturated heterocycles.